The summed E-state index contributed by atoms with van der Waals surface area (Å²) in [6.07, 6.45) is 2.40. The first-order valence-corrected chi connectivity index (χ1v) is 2.23. The Labute approximate surface area is 50.6 Å². The lowest BCUT2D eigenvalue weighted by Gasteiger charge is -2.05. The number of hydrogen-bond donors (Lipinski definition) is 0. The zero-order valence-electron chi connectivity index (χ0n) is 4.47. The predicted octanol–water partition coefficient (Wildman–Crippen LogP) is -0.492. The molecule has 0 bridgehead atoms. The summed E-state index contributed by atoms with van der Waals surface area (Å²) in [6, 6.07) is 0. The minimum atomic E-state index is -0.569. The minimum Gasteiger partial charge on any atom is -0.246 e. The Kier molecular flexibility index (Phi) is 1.39. The third-order valence-corrected chi connectivity index (χ3v) is 0.785. The van der Waals surface area contributed by atoms with E-state index in [4.69, 9.17) is 0 Å². The standard InChI is InChI=1S/C3H4N4O2/c8-7(9)6-2-4-1-5-3-6/h1-2H,3H2. The Morgan fingerprint density at radius 3 is 2.89 bits per heavy atom. The number of rotatable bonds is 1. The van der Waals surface area contributed by atoms with Crippen molar-refractivity contribution in [3.63, 3.8) is 0 Å². The largest absolute Gasteiger partial charge is 0.246 e. The fourth-order valence-electron chi connectivity index (χ4n) is 0.404. The molecule has 1 aliphatic rings. The minimum absolute atomic E-state index is 0.0521. The zero-order valence-corrected chi connectivity index (χ0v) is 4.47. The van der Waals surface area contributed by atoms with Crippen molar-refractivity contribution in [2.45, 2.75) is 0 Å². The van der Waals surface area contributed by atoms with Gasteiger partial charge in [-0.15, -0.1) is 0 Å². The summed E-state index contributed by atoms with van der Waals surface area (Å²) in [5.74, 6) is 0. The molecule has 0 radical (unpaired) electrons. The second-order valence-corrected chi connectivity index (χ2v) is 1.38. The highest BCUT2D eigenvalue weighted by molar-refractivity contribution is 5.72. The van der Waals surface area contributed by atoms with Crippen molar-refractivity contribution in [1.82, 2.24) is 5.01 Å². The van der Waals surface area contributed by atoms with E-state index in [-0.39, 0.29) is 6.67 Å². The van der Waals surface area contributed by atoms with Gasteiger partial charge < -0.3 is 0 Å². The highest BCUT2D eigenvalue weighted by atomic mass is 16.7. The van der Waals surface area contributed by atoms with Gasteiger partial charge in [0, 0.05) is 0 Å². The molecule has 0 aromatic heterocycles. The van der Waals surface area contributed by atoms with E-state index >= 15 is 0 Å². The van der Waals surface area contributed by atoms with Gasteiger partial charge in [0.2, 0.25) is 0 Å². The second kappa shape index (κ2) is 2.21. The van der Waals surface area contributed by atoms with Crippen molar-refractivity contribution < 1.29 is 5.03 Å². The van der Waals surface area contributed by atoms with Crippen molar-refractivity contribution in [2.24, 2.45) is 9.98 Å². The SMILES string of the molecule is O=[N+]([O-])N1C=NC=NC1. The number of nitro groups is 1. The van der Waals surface area contributed by atoms with Crippen molar-refractivity contribution in [1.29, 1.82) is 0 Å². The van der Waals surface area contributed by atoms with Crippen LogP contribution < -0.4 is 0 Å². The van der Waals surface area contributed by atoms with Gasteiger partial charge in [0.05, 0.1) is 0 Å². The van der Waals surface area contributed by atoms with E-state index in [1.165, 1.54) is 6.34 Å². The molecule has 0 amide bonds. The molecule has 0 aromatic carbocycles. The fraction of sp³-hybridized carbons (Fsp3) is 0.333. The van der Waals surface area contributed by atoms with Crippen molar-refractivity contribution >= 4 is 12.7 Å². The van der Waals surface area contributed by atoms with Crippen LogP contribution >= 0.6 is 0 Å². The lowest BCUT2D eigenvalue weighted by atomic mass is 10.9. The maximum absolute atomic E-state index is 9.92. The molecule has 0 saturated heterocycles. The summed E-state index contributed by atoms with van der Waals surface area (Å²) in [5.41, 5.74) is 0. The predicted molar refractivity (Wildman–Crippen MR) is 30.7 cm³/mol. The van der Waals surface area contributed by atoms with Crippen LogP contribution in [0.1, 0.15) is 0 Å². The molecule has 6 nitrogen and oxygen atoms in total. The molecule has 1 heterocycles. The summed E-state index contributed by atoms with van der Waals surface area (Å²) < 4.78 is 0. The van der Waals surface area contributed by atoms with E-state index in [1.807, 2.05) is 0 Å². The quantitative estimate of drug-likeness (QED) is 0.353. The molecule has 6 heteroatoms. The molecule has 9 heavy (non-hydrogen) atoms. The molecule has 0 aromatic rings. The number of hydrogen-bond acceptors (Lipinski definition) is 4. The van der Waals surface area contributed by atoms with Gasteiger partial charge in [-0.1, -0.05) is 5.01 Å². The molecular formula is C3H4N4O2. The number of hydrazine groups is 1. The molecule has 0 atom stereocenters. The Morgan fingerprint density at radius 1 is 1.78 bits per heavy atom. The molecular weight excluding hydrogens is 124 g/mol. The first-order chi connectivity index (χ1) is 4.30. The van der Waals surface area contributed by atoms with Gasteiger partial charge in [-0.05, 0) is 0 Å². The van der Waals surface area contributed by atoms with Crippen LogP contribution in [0, 0.1) is 10.1 Å². The van der Waals surface area contributed by atoms with Gasteiger partial charge in [0.25, 0.3) is 0 Å². The average molecular weight is 128 g/mol. The van der Waals surface area contributed by atoms with Gasteiger partial charge in [-0.25, -0.2) is 20.1 Å². The Balaban J connectivity index is 2.56. The van der Waals surface area contributed by atoms with Gasteiger partial charge in [-0.2, -0.15) is 0 Å². The van der Waals surface area contributed by atoms with E-state index in [2.05, 4.69) is 9.98 Å². The van der Waals surface area contributed by atoms with Gasteiger partial charge in [-0.3, -0.25) is 0 Å². The maximum atomic E-state index is 9.92. The molecule has 0 spiro atoms. The molecule has 0 N–H and O–H groups in total. The highest BCUT2D eigenvalue weighted by Crippen LogP contribution is 1.87. The van der Waals surface area contributed by atoms with Crippen LogP contribution in [-0.4, -0.2) is 29.4 Å². The summed E-state index contributed by atoms with van der Waals surface area (Å²) >= 11 is 0. The lowest BCUT2D eigenvalue weighted by Crippen LogP contribution is -2.30. The van der Waals surface area contributed by atoms with Gasteiger partial charge in [0.15, 0.2) is 18.0 Å². The Bertz CT molecular complexity index is 175. The average Bonchev–Trinajstić information content (AvgIpc) is 1.90. The summed E-state index contributed by atoms with van der Waals surface area (Å²) in [4.78, 5) is 16.9. The van der Waals surface area contributed by atoms with Crippen LogP contribution in [0.25, 0.3) is 0 Å². The molecule has 0 unspecified atom stereocenters. The smallest absolute Gasteiger partial charge is 0.177 e. The second-order valence-electron chi connectivity index (χ2n) is 1.38. The van der Waals surface area contributed by atoms with Crippen molar-refractivity contribution in [3.8, 4) is 0 Å². The topological polar surface area (TPSA) is 71.1 Å². The van der Waals surface area contributed by atoms with Crippen molar-refractivity contribution in [3.05, 3.63) is 10.1 Å². The van der Waals surface area contributed by atoms with E-state index in [0.29, 0.717) is 0 Å². The molecule has 1 aliphatic heterocycles. The van der Waals surface area contributed by atoms with E-state index in [0.717, 1.165) is 11.3 Å². The highest BCUT2D eigenvalue weighted by Gasteiger charge is 2.10. The van der Waals surface area contributed by atoms with Crippen LogP contribution in [0.4, 0.5) is 0 Å². The van der Waals surface area contributed by atoms with Crippen LogP contribution in [0.15, 0.2) is 9.98 Å². The maximum Gasteiger partial charge on any atom is 0.177 e. The first kappa shape index (κ1) is 5.67. The molecule has 48 valence electrons. The Hall–Kier alpha value is -1.46. The van der Waals surface area contributed by atoms with Crippen LogP contribution in [-0.2, 0) is 0 Å². The molecule has 0 aliphatic carbocycles. The molecule has 0 saturated carbocycles. The van der Waals surface area contributed by atoms with Crippen LogP contribution in [0.2, 0.25) is 0 Å². The van der Waals surface area contributed by atoms with E-state index in [9.17, 15) is 10.1 Å². The molecule has 1 rings (SSSR count). The summed E-state index contributed by atoms with van der Waals surface area (Å²) in [5, 5.41) is 10.1. The summed E-state index contributed by atoms with van der Waals surface area (Å²) in [7, 11) is 0. The van der Waals surface area contributed by atoms with Gasteiger partial charge >= 0.3 is 0 Å². The van der Waals surface area contributed by atoms with Gasteiger partial charge in [0.1, 0.15) is 6.34 Å². The monoisotopic (exact) mass is 128 g/mol. The molecule has 0 fully saturated rings. The first-order valence-electron chi connectivity index (χ1n) is 2.23. The lowest BCUT2D eigenvalue weighted by molar-refractivity contribution is -0.627. The van der Waals surface area contributed by atoms with Crippen LogP contribution in [0.5, 0.6) is 0 Å². The Morgan fingerprint density at radius 2 is 2.56 bits per heavy atom. The van der Waals surface area contributed by atoms with Crippen molar-refractivity contribution in [2.75, 3.05) is 6.67 Å². The third kappa shape index (κ3) is 1.21. The fourth-order valence-corrected chi connectivity index (χ4v) is 0.404. The summed E-state index contributed by atoms with van der Waals surface area (Å²) in [6.45, 7) is 0.0521. The normalized spacial score (nSPS) is 16.2. The number of aliphatic imine (C=N–C) groups is 2. The third-order valence-electron chi connectivity index (χ3n) is 0.785. The number of nitrogens with zero attached hydrogens (tertiary/aromatic N) is 4. The van der Waals surface area contributed by atoms with E-state index in [1.54, 1.807) is 0 Å². The van der Waals surface area contributed by atoms with Crippen LogP contribution in [0.3, 0.4) is 0 Å². The zero-order chi connectivity index (χ0) is 6.69. The van der Waals surface area contributed by atoms with E-state index < -0.39 is 5.03 Å².